The molecule has 1 N–H and O–H groups in total. The van der Waals surface area contributed by atoms with Gasteiger partial charge in [-0.25, -0.2) is 0 Å². The number of rotatable bonds is 4. The standard InChI is InChI=1S/C20H31ClN4O/c1-16-5-4-8-25(15-16)20(22-2)23-14-19(24-9-11-26-12-10-24)17-6-3-7-18(21)13-17/h3,6-7,13,16,19H,4-5,8-12,14-15H2,1-2H3,(H,22,23). The largest absolute Gasteiger partial charge is 0.379 e. The number of likely N-dealkylation sites (tertiary alicyclic amines) is 1. The third-order valence-electron chi connectivity index (χ3n) is 5.34. The molecular weight excluding hydrogens is 348 g/mol. The van der Waals surface area contributed by atoms with Gasteiger partial charge >= 0.3 is 0 Å². The minimum absolute atomic E-state index is 0.261. The molecule has 0 spiro atoms. The highest BCUT2D eigenvalue weighted by Gasteiger charge is 2.25. The van der Waals surface area contributed by atoms with E-state index < -0.39 is 0 Å². The molecule has 0 radical (unpaired) electrons. The van der Waals surface area contributed by atoms with Crippen molar-refractivity contribution in [2.45, 2.75) is 25.8 Å². The van der Waals surface area contributed by atoms with E-state index in [-0.39, 0.29) is 6.04 Å². The molecule has 2 aliphatic heterocycles. The van der Waals surface area contributed by atoms with Crippen LogP contribution in [0.25, 0.3) is 0 Å². The minimum Gasteiger partial charge on any atom is -0.379 e. The number of benzene rings is 1. The van der Waals surface area contributed by atoms with E-state index in [0.717, 1.165) is 62.8 Å². The molecule has 0 bridgehead atoms. The topological polar surface area (TPSA) is 40.1 Å². The van der Waals surface area contributed by atoms with Gasteiger partial charge in [0.15, 0.2) is 5.96 Å². The molecule has 2 saturated heterocycles. The molecule has 2 unspecified atom stereocenters. The second-order valence-corrected chi connectivity index (χ2v) is 7.78. The monoisotopic (exact) mass is 378 g/mol. The van der Waals surface area contributed by atoms with Crippen LogP contribution in [0.15, 0.2) is 29.3 Å². The summed E-state index contributed by atoms with van der Waals surface area (Å²) in [4.78, 5) is 9.41. The Morgan fingerprint density at radius 2 is 2.15 bits per heavy atom. The van der Waals surface area contributed by atoms with E-state index in [1.54, 1.807) is 0 Å². The van der Waals surface area contributed by atoms with Crippen LogP contribution in [0.3, 0.4) is 0 Å². The molecule has 6 heteroatoms. The summed E-state index contributed by atoms with van der Waals surface area (Å²) in [7, 11) is 1.88. The smallest absolute Gasteiger partial charge is 0.193 e. The van der Waals surface area contributed by atoms with Crippen LogP contribution in [0.1, 0.15) is 31.4 Å². The predicted octanol–water partition coefficient (Wildman–Crippen LogP) is 3.02. The van der Waals surface area contributed by atoms with Crippen LogP contribution in [0.5, 0.6) is 0 Å². The average Bonchev–Trinajstić information content (AvgIpc) is 2.66. The normalized spacial score (nSPS) is 23.7. The number of piperidine rings is 1. The fourth-order valence-electron chi connectivity index (χ4n) is 3.96. The first-order valence-corrected chi connectivity index (χ1v) is 10.1. The van der Waals surface area contributed by atoms with Crippen molar-refractivity contribution in [3.63, 3.8) is 0 Å². The average molecular weight is 379 g/mol. The Bertz CT molecular complexity index is 603. The van der Waals surface area contributed by atoms with Gasteiger partial charge in [0.05, 0.1) is 19.3 Å². The van der Waals surface area contributed by atoms with E-state index in [2.05, 4.69) is 39.2 Å². The van der Waals surface area contributed by atoms with E-state index in [1.807, 2.05) is 19.2 Å². The Balaban J connectivity index is 1.70. The van der Waals surface area contributed by atoms with Crippen molar-refractivity contribution in [2.75, 3.05) is 53.0 Å². The second-order valence-electron chi connectivity index (χ2n) is 7.34. The lowest BCUT2D eigenvalue weighted by Gasteiger charge is -2.37. The lowest BCUT2D eigenvalue weighted by molar-refractivity contribution is 0.0168. The number of nitrogens with zero attached hydrogens (tertiary/aromatic N) is 3. The Morgan fingerprint density at radius 1 is 1.35 bits per heavy atom. The van der Waals surface area contributed by atoms with Crippen LogP contribution in [-0.2, 0) is 4.74 Å². The molecule has 1 aromatic rings. The second kappa shape index (κ2) is 9.58. The van der Waals surface area contributed by atoms with Gasteiger partial charge in [-0.15, -0.1) is 0 Å². The van der Waals surface area contributed by atoms with Gasteiger partial charge in [-0.2, -0.15) is 0 Å². The van der Waals surface area contributed by atoms with Gasteiger partial charge in [0.2, 0.25) is 0 Å². The summed E-state index contributed by atoms with van der Waals surface area (Å²) in [6.45, 7) is 8.77. The first-order chi connectivity index (χ1) is 12.7. The molecule has 2 atom stereocenters. The fourth-order valence-corrected chi connectivity index (χ4v) is 4.16. The van der Waals surface area contributed by atoms with Crippen LogP contribution in [0.2, 0.25) is 5.02 Å². The summed E-state index contributed by atoms with van der Waals surface area (Å²) in [6, 6.07) is 8.47. The van der Waals surface area contributed by atoms with Crippen molar-refractivity contribution in [2.24, 2.45) is 10.9 Å². The zero-order valence-electron chi connectivity index (χ0n) is 16.0. The number of aliphatic imine (C=N–C) groups is 1. The first kappa shape index (κ1) is 19.5. The van der Waals surface area contributed by atoms with Crippen molar-refractivity contribution in [3.8, 4) is 0 Å². The molecule has 5 nitrogen and oxygen atoms in total. The Hall–Kier alpha value is -1.30. The molecular formula is C20H31ClN4O. The minimum atomic E-state index is 0.261. The number of morpholine rings is 1. The quantitative estimate of drug-likeness (QED) is 0.645. The van der Waals surface area contributed by atoms with Crippen LogP contribution in [-0.4, -0.2) is 68.7 Å². The molecule has 0 aromatic heterocycles. The number of ether oxygens (including phenoxy) is 1. The molecule has 144 valence electrons. The summed E-state index contributed by atoms with van der Waals surface area (Å²) in [5.74, 6) is 1.74. The van der Waals surface area contributed by atoms with Crippen molar-refractivity contribution >= 4 is 17.6 Å². The van der Waals surface area contributed by atoms with Crippen LogP contribution < -0.4 is 5.32 Å². The number of nitrogens with one attached hydrogen (secondary N) is 1. The lowest BCUT2D eigenvalue weighted by Crippen LogP contribution is -2.49. The Kier molecular flexibility index (Phi) is 7.17. The predicted molar refractivity (Wildman–Crippen MR) is 108 cm³/mol. The van der Waals surface area contributed by atoms with Gasteiger partial charge in [-0.3, -0.25) is 9.89 Å². The molecule has 1 aromatic carbocycles. The highest BCUT2D eigenvalue weighted by atomic mass is 35.5. The molecule has 3 rings (SSSR count). The fraction of sp³-hybridized carbons (Fsp3) is 0.650. The summed E-state index contributed by atoms with van der Waals surface area (Å²) in [5.41, 5.74) is 1.24. The van der Waals surface area contributed by atoms with Crippen molar-refractivity contribution < 1.29 is 4.74 Å². The first-order valence-electron chi connectivity index (χ1n) is 9.70. The summed E-state index contributed by atoms with van der Waals surface area (Å²) >= 11 is 6.26. The highest BCUT2D eigenvalue weighted by Crippen LogP contribution is 2.24. The lowest BCUT2D eigenvalue weighted by atomic mass is 10.0. The Morgan fingerprint density at radius 3 is 2.85 bits per heavy atom. The van der Waals surface area contributed by atoms with Crippen molar-refractivity contribution in [1.82, 2.24) is 15.1 Å². The molecule has 0 amide bonds. The van der Waals surface area contributed by atoms with E-state index in [9.17, 15) is 0 Å². The SMILES string of the molecule is CN=C(NCC(c1cccc(Cl)c1)N1CCOCC1)N1CCCC(C)C1. The van der Waals surface area contributed by atoms with Gasteiger partial charge in [0.25, 0.3) is 0 Å². The molecule has 2 heterocycles. The maximum Gasteiger partial charge on any atom is 0.193 e. The number of hydrogen-bond donors (Lipinski definition) is 1. The summed E-state index contributed by atoms with van der Waals surface area (Å²) in [6.07, 6.45) is 2.55. The highest BCUT2D eigenvalue weighted by molar-refractivity contribution is 6.30. The van der Waals surface area contributed by atoms with E-state index in [0.29, 0.717) is 0 Å². The van der Waals surface area contributed by atoms with Gasteiger partial charge in [0, 0.05) is 44.8 Å². The van der Waals surface area contributed by atoms with Gasteiger partial charge in [-0.05, 0) is 36.5 Å². The van der Waals surface area contributed by atoms with E-state index in [1.165, 1.54) is 18.4 Å². The molecule has 2 fully saturated rings. The van der Waals surface area contributed by atoms with Crippen molar-refractivity contribution in [3.05, 3.63) is 34.9 Å². The molecule has 2 aliphatic rings. The molecule has 26 heavy (non-hydrogen) atoms. The van der Waals surface area contributed by atoms with Crippen molar-refractivity contribution in [1.29, 1.82) is 0 Å². The van der Waals surface area contributed by atoms with Crippen LogP contribution in [0, 0.1) is 5.92 Å². The van der Waals surface area contributed by atoms with E-state index >= 15 is 0 Å². The zero-order chi connectivity index (χ0) is 18.4. The zero-order valence-corrected chi connectivity index (χ0v) is 16.7. The maximum atomic E-state index is 6.26. The number of guanidine groups is 1. The summed E-state index contributed by atoms with van der Waals surface area (Å²) < 4.78 is 5.54. The number of halogens is 1. The van der Waals surface area contributed by atoms with Crippen LogP contribution in [0.4, 0.5) is 0 Å². The number of hydrogen-bond acceptors (Lipinski definition) is 3. The summed E-state index contributed by atoms with van der Waals surface area (Å²) in [5, 5.41) is 4.41. The third-order valence-corrected chi connectivity index (χ3v) is 5.58. The van der Waals surface area contributed by atoms with Gasteiger partial charge in [-0.1, -0.05) is 30.7 Å². The maximum absolute atomic E-state index is 6.26. The van der Waals surface area contributed by atoms with Gasteiger partial charge < -0.3 is 15.0 Å². The Labute approximate surface area is 162 Å². The van der Waals surface area contributed by atoms with Gasteiger partial charge in [0.1, 0.15) is 0 Å². The van der Waals surface area contributed by atoms with Crippen LogP contribution >= 0.6 is 11.6 Å². The molecule has 0 aliphatic carbocycles. The molecule has 0 saturated carbocycles. The third kappa shape index (κ3) is 5.12. The van der Waals surface area contributed by atoms with E-state index in [4.69, 9.17) is 16.3 Å².